The highest BCUT2D eigenvalue weighted by Gasteiger charge is 2.37. The van der Waals surface area contributed by atoms with Gasteiger partial charge in [0.1, 0.15) is 0 Å². The molecule has 0 heterocycles. The molecule has 0 spiro atoms. The molecule has 2 atom stereocenters. The van der Waals surface area contributed by atoms with Crippen LogP contribution in [0.1, 0.15) is 51.9 Å². The molecule has 2 fully saturated rings. The fourth-order valence-electron chi connectivity index (χ4n) is 3.06. The minimum Gasteiger partial charge on any atom is -0.385 e. The molecule has 0 aromatic rings. The lowest BCUT2D eigenvalue weighted by molar-refractivity contribution is -0.0833. The van der Waals surface area contributed by atoms with Crippen molar-refractivity contribution in [2.75, 3.05) is 26.9 Å². The Labute approximate surface area is 112 Å². The summed E-state index contributed by atoms with van der Waals surface area (Å²) >= 11 is 0. The van der Waals surface area contributed by atoms with Crippen LogP contribution in [0.3, 0.4) is 0 Å². The minimum absolute atomic E-state index is 0.105. The van der Waals surface area contributed by atoms with E-state index < -0.39 is 0 Å². The molecule has 1 N–H and O–H groups in total. The summed E-state index contributed by atoms with van der Waals surface area (Å²) in [5, 5.41) is 3.67. The van der Waals surface area contributed by atoms with Gasteiger partial charge in [0.25, 0.3) is 0 Å². The summed E-state index contributed by atoms with van der Waals surface area (Å²) in [7, 11) is 1.76. The minimum atomic E-state index is 0.105. The number of hydrogen-bond donors (Lipinski definition) is 1. The van der Waals surface area contributed by atoms with Crippen molar-refractivity contribution >= 4 is 0 Å². The molecule has 0 bridgehead atoms. The van der Waals surface area contributed by atoms with Gasteiger partial charge in [-0.1, -0.05) is 19.8 Å². The van der Waals surface area contributed by atoms with Crippen LogP contribution in [0, 0.1) is 5.92 Å². The van der Waals surface area contributed by atoms with E-state index >= 15 is 0 Å². The van der Waals surface area contributed by atoms with Crippen LogP contribution in [0.2, 0.25) is 0 Å². The molecule has 18 heavy (non-hydrogen) atoms. The Kier molecular flexibility index (Phi) is 5.46. The summed E-state index contributed by atoms with van der Waals surface area (Å²) in [6.07, 6.45) is 8.86. The van der Waals surface area contributed by atoms with Crippen molar-refractivity contribution in [2.45, 2.75) is 63.5 Å². The quantitative estimate of drug-likeness (QED) is 0.677. The maximum Gasteiger partial charge on any atom is 0.0808 e. The number of nitrogens with one attached hydrogen (secondary N) is 1. The zero-order valence-electron chi connectivity index (χ0n) is 12.0. The van der Waals surface area contributed by atoms with Gasteiger partial charge in [-0.05, 0) is 38.0 Å². The van der Waals surface area contributed by atoms with Gasteiger partial charge in [-0.3, -0.25) is 0 Å². The molecular weight excluding hydrogens is 226 g/mol. The van der Waals surface area contributed by atoms with Gasteiger partial charge in [0.2, 0.25) is 0 Å². The Balaban J connectivity index is 1.79. The number of ether oxygens (including phenoxy) is 2. The average Bonchev–Trinajstić information content (AvgIpc) is 3.17. The number of rotatable bonds is 8. The zero-order valence-corrected chi connectivity index (χ0v) is 12.0. The van der Waals surface area contributed by atoms with E-state index in [0.717, 1.165) is 38.1 Å². The van der Waals surface area contributed by atoms with E-state index in [-0.39, 0.29) is 5.60 Å². The highest BCUT2D eigenvalue weighted by molar-refractivity contribution is 4.92. The average molecular weight is 255 g/mol. The van der Waals surface area contributed by atoms with Crippen molar-refractivity contribution in [1.29, 1.82) is 0 Å². The molecule has 0 aromatic heterocycles. The van der Waals surface area contributed by atoms with E-state index in [4.69, 9.17) is 9.47 Å². The highest BCUT2D eigenvalue weighted by atomic mass is 16.5. The summed E-state index contributed by atoms with van der Waals surface area (Å²) in [6.45, 7) is 5.06. The smallest absolute Gasteiger partial charge is 0.0808 e. The normalized spacial score (nSPS) is 32.7. The second kappa shape index (κ2) is 6.88. The molecule has 2 saturated carbocycles. The Hall–Kier alpha value is -0.120. The van der Waals surface area contributed by atoms with Crippen molar-refractivity contribution < 1.29 is 9.47 Å². The number of methoxy groups -OCH3 is 1. The molecule has 0 radical (unpaired) electrons. The second-order valence-corrected chi connectivity index (χ2v) is 6.23. The third kappa shape index (κ3) is 4.52. The van der Waals surface area contributed by atoms with Gasteiger partial charge in [-0.2, -0.15) is 0 Å². The second-order valence-electron chi connectivity index (χ2n) is 6.23. The Morgan fingerprint density at radius 1 is 1.22 bits per heavy atom. The first-order chi connectivity index (χ1) is 8.74. The van der Waals surface area contributed by atoms with Crippen LogP contribution in [0.4, 0.5) is 0 Å². The fourth-order valence-corrected chi connectivity index (χ4v) is 3.06. The van der Waals surface area contributed by atoms with Crippen molar-refractivity contribution in [2.24, 2.45) is 5.92 Å². The van der Waals surface area contributed by atoms with Gasteiger partial charge in [-0.25, -0.2) is 0 Å². The maximum atomic E-state index is 6.28. The lowest BCUT2D eigenvalue weighted by Gasteiger charge is -2.40. The monoisotopic (exact) mass is 255 g/mol. The van der Waals surface area contributed by atoms with Crippen molar-refractivity contribution in [3.8, 4) is 0 Å². The first-order valence-corrected chi connectivity index (χ1v) is 7.60. The summed E-state index contributed by atoms with van der Waals surface area (Å²) in [5.41, 5.74) is 0.105. The van der Waals surface area contributed by atoms with E-state index in [9.17, 15) is 0 Å². The predicted octanol–water partition coefficient (Wildman–Crippen LogP) is 2.74. The molecule has 106 valence electrons. The highest BCUT2D eigenvalue weighted by Crippen LogP contribution is 2.35. The van der Waals surface area contributed by atoms with Gasteiger partial charge >= 0.3 is 0 Å². The summed E-state index contributed by atoms with van der Waals surface area (Å²) in [5.74, 6) is 0.808. The predicted molar refractivity (Wildman–Crippen MR) is 73.8 cm³/mol. The van der Waals surface area contributed by atoms with Crippen LogP contribution in [0.15, 0.2) is 0 Å². The van der Waals surface area contributed by atoms with Crippen LogP contribution < -0.4 is 5.32 Å². The molecular formula is C15H29NO2. The van der Waals surface area contributed by atoms with Crippen LogP contribution in [0.5, 0.6) is 0 Å². The van der Waals surface area contributed by atoms with Crippen LogP contribution in [0.25, 0.3) is 0 Å². The first-order valence-electron chi connectivity index (χ1n) is 7.60. The van der Waals surface area contributed by atoms with Crippen molar-refractivity contribution in [3.63, 3.8) is 0 Å². The maximum absolute atomic E-state index is 6.28. The summed E-state index contributed by atoms with van der Waals surface area (Å²) < 4.78 is 11.4. The standard InChI is InChI=1S/C15H29NO2/c1-13-5-3-8-15(11-13,12-16-14-6-7-14)18-10-4-9-17-2/h13-14,16H,3-12H2,1-2H3. The SMILES string of the molecule is COCCCOC1(CNC2CC2)CCCC(C)C1. The van der Waals surface area contributed by atoms with E-state index in [2.05, 4.69) is 12.2 Å². The molecule has 0 aromatic carbocycles. The lowest BCUT2D eigenvalue weighted by Crippen LogP contribution is -2.47. The van der Waals surface area contributed by atoms with Gasteiger partial charge in [-0.15, -0.1) is 0 Å². The van der Waals surface area contributed by atoms with Gasteiger partial charge < -0.3 is 14.8 Å². The van der Waals surface area contributed by atoms with Gasteiger partial charge in [0, 0.05) is 32.9 Å². The van der Waals surface area contributed by atoms with Gasteiger partial charge in [0.15, 0.2) is 0 Å². The molecule has 0 saturated heterocycles. The molecule has 2 rings (SSSR count). The lowest BCUT2D eigenvalue weighted by atomic mass is 9.78. The Morgan fingerprint density at radius 3 is 2.72 bits per heavy atom. The van der Waals surface area contributed by atoms with Crippen LogP contribution in [-0.4, -0.2) is 38.5 Å². The van der Waals surface area contributed by atoms with Crippen molar-refractivity contribution in [1.82, 2.24) is 5.32 Å². The van der Waals surface area contributed by atoms with Gasteiger partial charge in [0.05, 0.1) is 5.60 Å². The van der Waals surface area contributed by atoms with E-state index in [1.165, 1.54) is 38.5 Å². The first kappa shape index (κ1) is 14.3. The molecule has 2 unspecified atom stereocenters. The molecule has 3 heteroatoms. The van der Waals surface area contributed by atoms with Crippen molar-refractivity contribution in [3.05, 3.63) is 0 Å². The Bertz CT molecular complexity index is 243. The van der Waals surface area contributed by atoms with Crippen LogP contribution >= 0.6 is 0 Å². The third-order valence-corrected chi connectivity index (χ3v) is 4.24. The molecule has 0 amide bonds. The molecule has 3 nitrogen and oxygen atoms in total. The van der Waals surface area contributed by atoms with E-state index in [0.29, 0.717) is 0 Å². The van der Waals surface area contributed by atoms with E-state index in [1.807, 2.05) is 0 Å². The third-order valence-electron chi connectivity index (χ3n) is 4.24. The summed E-state index contributed by atoms with van der Waals surface area (Å²) in [6, 6.07) is 0.779. The molecule has 2 aliphatic carbocycles. The largest absolute Gasteiger partial charge is 0.385 e. The Morgan fingerprint density at radius 2 is 2.06 bits per heavy atom. The zero-order chi connectivity index (χ0) is 12.8. The van der Waals surface area contributed by atoms with Crippen LogP contribution in [-0.2, 0) is 9.47 Å². The topological polar surface area (TPSA) is 30.5 Å². The molecule has 0 aliphatic heterocycles. The number of hydrogen-bond acceptors (Lipinski definition) is 3. The summed E-state index contributed by atoms with van der Waals surface area (Å²) in [4.78, 5) is 0. The molecule has 2 aliphatic rings. The van der Waals surface area contributed by atoms with E-state index in [1.54, 1.807) is 7.11 Å². The fraction of sp³-hybridized carbons (Fsp3) is 1.00.